The molecule has 0 amide bonds. The second-order valence-electron chi connectivity index (χ2n) is 24.2. The standard InChI is InChI=1S/C85H50N2S2/c1-3-19-57-51(17-1)49-79(65-25-7-5-21-59(57)65)86-75-31-15-11-27-67(75)69-45-53(35-39-77(69)86)81-41-43-83(88-81)55-33-37-63-64-38-34-56(48-74(64)85(73(63)47-55)71-29-13-9-23-61(71)62-24-10-14-30-72(62)85)84-44-42-82(89-84)54-36-40-78-70(46-54)68-28-12-16-32-76(68)87(78)80-50-52-18-2-4-20-58(52)60-22-6-8-26-66(60)80/h1-50H. The Kier molecular flexibility index (Phi) is 10.3. The zero-order valence-corrected chi connectivity index (χ0v) is 49.7. The molecule has 0 aliphatic heterocycles. The van der Waals surface area contributed by atoms with Gasteiger partial charge in [-0.25, -0.2) is 0 Å². The topological polar surface area (TPSA) is 9.86 Å². The second-order valence-corrected chi connectivity index (χ2v) is 26.4. The minimum atomic E-state index is -0.505. The summed E-state index contributed by atoms with van der Waals surface area (Å²) >= 11 is 3.77. The predicted molar refractivity (Wildman–Crippen MR) is 379 cm³/mol. The van der Waals surface area contributed by atoms with Gasteiger partial charge in [0.2, 0.25) is 0 Å². The summed E-state index contributed by atoms with van der Waals surface area (Å²) in [6, 6.07) is 114. The summed E-state index contributed by atoms with van der Waals surface area (Å²) in [5, 5.41) is 15.1. The van der Waals surface area contributed by atoms with Crippen molar-refractivity contribution in [1.82, 2.24) is 9.13 Å². The van der Waals surface area contributed by atoms with E-state index in [1.807, 2.05) is 22.7 Å². The van der Waals surface area contributed by atoms with Crippen LogP contribution in [0.1, 0.15) is 22.3 Å². The highest BCUT2D eigenvalue weighted by Gasteiger charge is 2.52. The largest absolute Gasteiger partial charge is 0.309 e. The van der Waals surface area contributed by atoms with Crippen LogP contribution in [0, 0.1) is 0 Å². The molecule has 20 rings (SSSR count). The number of fused-ring (bicyclic) bond motifs is 22. The normalized spacial score (nSPS) is 13.0. The zero-order valence-electron chi connectivity index (χ0n) is 48.1. The Morgan fingerprint density at radius 2 is 0.539 bits per heavy atom. The van der Waals surface area contributed by atoms with Gasteiger partial charge in [0.05, 0.1) is 38.9 Å². The molecule has 14 aromatic carbocycles. The van der Waals surface area contributed by atoms with Crippen LogP contribution in [0.15, 0.2) is 303 Å². The van der Waals surface area contributed by atoms with Crippen molar-refractivity contribution >= 4 is 109 Å². The summed E-state index contributed by atoms with van der Waals surface area (Å²) in [4.78, 5) is 5.03. The van der Waals surface area contributed by atoms with Crippen molar-refractivity contribution in [3.8, 4) is 75.4 Å². The van der Waals surface area contributed by atoms with Crippen LogP contribution in [0.3, 0.4) is 0 Å². The van der Waals surface area contributed by atoms with Gasteiger partial charge in [0.25, 0.3) is 0 Å². The first-order chi connectivity index (χ1) is 44.1. The van der Waals surface area contributed by atoms with E-state index >= 15 is 0 Å². The Morgan fingerprint density at radius 3 is 0.989 bits per heavy atom. The molecule has 2 nitrogen and oxygen atoms in total. The van der Waals surface area contributed by atoms with Crippen molar-refractivity contribution in [3.63, 3.8) is 0 Å². The third-order valence-electron chi connectivity index (χ3n) is 19.8. The fraction of sp³-hybridized carbons (Fsp3) is 0.0118. The lowest BCUT2D eigenvalue weighted by Gasteiger charge is -2.31. The average molecular weight is 1160 g/mol. The third kappa shape index (κ3) is 6.90. The van der Waals surface area contributed by atoms with Crippen LogP contribution in [0.4, 0.5) is 0 Å². The first-order valence-corrected chi connectivity index (χ1v) is 32.3. The summed E-state index contributed by atoms with van der Waals surface area (Å²) in [7, 11) is 0. The van der Waals surface area contributed by atoms with E-state index in [9.17, 15) is 0 Å². The molecule has 0 saturated heterocycles. The van der Waals surface area contributed by atoms with Crippen LogP contribution in [0.25, 0.3) is 162 Å². The molecule has 412 valence electrons. The van der Waals surface area contributed by atoms with Crippen LogP contribution in [-0.4, -0.2) is 9.13 Å². The fourth-order valence-corrected chi connectivity index (χ4v) is 18.0. The third-order valence-corrected chi connectivity index (χ3v) is 22.1. The molecule has 0 N–H and O–H groups in total. The Labute approximate surface area is 521 Å². The van der Waals surface area contributed by atoms with Crippen LogP contribution < -0.4 is 0 Å². The molecule has 89 heavy (non-hydrogen) atoms. The van der Waals surface area contributed by atoms with Crippen molar-refractivity contribution in [3.05, 3.63) is 326 Å². The SMILES string of the molecule is c1ccc2c(c1)-c1ccccc1C21c2cc(-c3ccc(-c4ccc5c(c4)c4ccccc4n5-c4cc5ccccc5c5ccccc45)s3)ccc2-c2ccc(-c3ccc(-c4ccc5c(c4)c4ccccc4n5-c4cc5ccccc5c5ccccc45)s3)cc21. The van der Waals surface area contributed by atoms with E-state index in [-0.39, 0.29) is 0 Å². The van der Waals surface area contributed by atoms with Crippen molar-refractivity contribution in [2.75, 3.05) is 0 Å². The molecule has 18 aromatic rings. The van der Waals surface area contributed by atoms with Crippen molar-refractivity contribution in [2.24, 2.45) is 0 Å². The van der Waals surface area contributed by atoms with E-state index in [1.54, 1.807) is 0 Å². The molecule has 2 aliphatic carbocycles. The van der Waals surface area contributed by atoms with Crippen molar-refractivity contribution in [1.29, 1.82) is 0 Å². The lowest BCUT2D eigenvalue weighted by atomic mass is 9.70. The van der Waals surface area contributed by atoms with Crippen LogP contribution >= 0.6 is 22.7 Å². The monoisotopic (exact) mass is 1160 g/mol. The first-order valence-electron chi connectivity index (χ1n) is 30.7. The van der Waals surface area contributed by atoms with Gasteiger partial charge in [-0.3, -0.25) is 0 Å². The first kappa shape index (κ1) is 49.3. The minimum Gasteiger partial charge on any atom is -0.309 e. The molecule has 0 bridgehead atoms. The average Bonchev–Trinajstić information content (AvgIpc) is 1.56. The smallest absolute Gasteiger partial charge is 0.0725 e. The Bertz CT molecular complexity index is 5710. The summed E-state index contributed by atoms with van der Waals surface area (Å²) in [5.41, 5.74) is 22.3. The molecule has 1 spiro atoms. The predicted octanol–water partition coefficient (Wildman–Crippen LogP) is 23.6. The quantitative estimate of drug-likeness (QED) is 0.147. The highest BCUT2D eigenvalue weighted by molar-refractivity contribution is 7.19. The number of benzene rings is 14. The number of para-hydroxylation sites is 2. The Morgan fingerprint density at radius 1 is 0.213 bits per heavy atom. The molecule has 4 heterocycles. The van der Waals surface area contributed by atoms with Gasteiger partial charge in [-0.2, -0.15) is 0 Å². The highest BCUT2D eigenvalue weighted by Crippen LogP contribution is 2.64. The molecule has 4 heteroatoms. The number of thiophene rings is 2. The molecular weight excluding hydrogens is 1110 g/mol. The van der Waals surface area contributed by atoms with E-state index in [0.717, 1.165) is 0 Å². The van der Waals surface area contributed by atoms with Crippen LogP contribution in [0.2, 0.25) is 0 Å². The lowest BCUT2D eigenvalue weighted by Crippen LogP contribution is -2.26. The molecule has 4 aromatic heterocycles. The summed E-state index contributed by atoms with van der Waals surface area (Å²) in [5.74, 6) is 0. The summed E-state index contributed by atoms with van der Waals surface area (Å²) in [6.45, 7) is 0. The van der Waals surface area contributed by atoms with Crippen LogP contribution in [-0.2, 0) is 5.41 Å². The molecule has 0 unspecified atom stereocenters. The number of nitrogens with zero attached hydrogens (tertiary/aromatic N) is 2. The highest BCUT2D eigenvalue weighted by atomic mass is 32.1. The molecular formula is C85H50N2S2. The maximum atomic E-state index is 2.53. The second kappa shape index (κ2) is 18.6. The van der Waals surface area contributed by atoms with Gasteiger partial charge in [0, 0.05) is 51.8 Å². The molecule has 0 fully saturated rings. The number of aromatic nitrogens is 2. The number of hydrogen-bond acceptors (Lipinski definition) is 2. The van der Waals surface area contributed by atoms with E-state index in [0.29, 0.717) is 0 Å². The number of hydrogen-bond donors (Lipinski definition) is 0. The maximum absolute atomic E-state index is 2.53. The van der Waals surface area contributed by atoms with Gasteiger partial charge in [-0.05, 0) is 184 Å². The molecule has 0 saturated carbocycles. The molecule has 0 atom stereocenters. The summed E-state index contributed by atoms with van der Waals surface area (Å²) < 4.78 is 4.97. The lowest BCUT2D eigenvalue weighted by molar-refractivity contribution is 0.794. The fourth-order valence-electron chi connectivity index (χ4n) is 16.0. The van der Waals surface area contributed by atoms with Crippen molar-refractivity contribution in [2.45, 2.75) is 5.41 Å². The minimum absolute atomic E-state index is 0.505. The van der Waals surface area contributed by atoms with E-state index in [4.69, 9.17) is 0 Å². The van der Waals surface area contributed by atoms with Crippen LogP contribution in [0.5, 0.6) is 0 Å². The Hall–Kier alpha value is -10.9. The van der Waals surface area contributed by atoms with Gasteiger partial charge in [-0.15, -0.1) is 22.7 Å². The zero-order chi connectivity index (χ0) is 58.1. The van der Waals surface area contributed by atoms with Gasteiger partial charge in [0.15, 0.2) is 0 Å². The van der Waals surface area contributed by atoms with Gasteiger partial charge < -0.3 is 9.13 Å². The van der Waals surface area contributed by atoms with Crippen molar-refractivity contribution < 1.29 is 0 Å². The number of rotatable bonds is 6. The summed E-state index contributed by atoms with van der Waals surface area (Å²) in [6.07, 6.45) is 0. The molecule has 0 radical (unpaired) electrons. The van der Waals surface area contributed by atoms with E-state index in [1.165, 1.54) is 184 Å². The van der Waals surface area contributed by atoms with E-state index in [2.05, 4.69) is 312 Å². The van der Waals surface area contributed by atoms with Gasteiger partial charge >= 0.3 is 0 Å². The maximum Gasteiger partial charge on any atom is 0.0725 e. The van der Waals surface area contributed by atoms with Gasteiger partial charge in [0.1, 0.15) is 0 Å². The molecule has 2 aliphatic rings. The van der Waals surface area contributed by atoms with Gasteiger partial charge in [-0.1, -0.05) is 218 Å². The van der Waals surface area contributed by atoms with E-state index < -0.39 is 5.41 Å². The Balaban J connectivity index is 0.687.